The fourth-order valence-electron chi connectivity index (χ4n) is 2.43. The van der Waals surface area contributed by atoms with Crippen LogP contribution in [0, 0.1) is 0 Å². The quantitative estimate of drug-likeness (QED) is 0.639. The van der Waals surface area contributed by atoms with Crippen LogP contribution in [0.15, 0.2) is 41.8 Å². The van der Waals surface area contributed by atoms with Crippen molar-refractivity contribution in [3.05, 3.63) is 47.3 Å². The predicted octanol–water partition coefficient (Wildman–Crippen LogP) is 2.24. The van der Waals surface area contributed by atoms with E-state index in [-0.39, 0.29) is 25.2 Å². The maximum atomic E-state index is 12.2. The molecule has 3 heterocycles. The van der Waals surface area contributed by atoms with E-state index in [0.29, 0.717) is 22.9 Å². The Morgan fingerprint density at radius 3 is 2.92 bits per heavy atom. The molecular formula is C17H14N4O4S. The molecule has 3 N–H and O–H groups in total. The largest absolute Gasteiger partial charge is 0.454 e. The number of carbonyl (C=O) groups excluding carboxylic acids is 2. The number of nitrogens with zero attached hydrogens (tertiary/aromatic N) is 1. The molecule has 0 spiro atoms. The Morgan fingerprint density at radius 2 is 2.08 bits per heavy atom. The molecule has 2 aromatic heterocycles. The molecule has 0 aliphatic carbocycles. The molecule has 0 unspecified atom stereocenters. The van der Waals surface area contributed by atoms with Gasteiger partial charge in [0.05, 0.1) is 17.1 Å². The number of carbonyl (C=O) groups is 2. The van der Waals surface area contributed by atoms with E-state index in [0.717, 1.165) is 10.6 Å². The van der Waals surface area contributed by atoms with Gasteiger partial charge in [-0.1, -0.05) is 6.07 Å². The third kappa shape index (κ3) is 3.38. The summed E-state index contributed by atoms with van der Waals surface area (Å²) in [6.07, 6.45) is 0. The van der Waals surface area contributed by atoms with Crippen molar-refractivity contribution in [2.24, 2.45) is 0 Å². The molecule has 0 fully saturated rings. The Kier molecular flexibility index (Phi) is 4.28. The molecule has 8 nitrogen and oxygen atoms in total. The van der Waals surface area contributed by atoms with E-state index in [1.165, 1.54) is 0 Å². The highest BCUT2D eigenvalue weighted by atomic mass is 32.1. The molecule has 0 bridgehead atoms. The zero-order valence-corrected chi connectivity index (χ0v) is 14.3. The summed E-state index contributed by atoms with van der Waals surface area (Å²) in [5.41, 5.74) is 1.21. The second-order valence-corrected chi connectivity index (χ2v) is 6.39. The molecule has 2 amide bonds. The van der Waals surface area contributed by atoms with Gasteiger partial charge in [-0.05, 0) is 29.6 Å². The van der Waals surface area contributed by atoms with Crippen molar-refractivity contribution in [3.63, 3.8) is 0 Å². The van der Waals surface area contributed by atoms with Crippen molar-refractivity contribution in [2.75, 3.05) is 18.7 Å². The number of fused-ring (bicyclic) bond motifs is 1. The molecule has 0 radical (unpaired) electrons. The summed E-state index contributed by atoms with van der Waals surface area (Å²) in [5.74, 6) is 0.762. The molecule has 0 saturated heterocycles. The Bertz CT molecular complexity index is 952. The number of anilines is 1. The zero-order valence-electron chi connectivity index (χ0n) is 13.4. The van der Waals surface area contributed by atoms with Gasteiger partial charge in [-0.3, -0.25) is 14.7 Å². The highest BCUT2D eigenvalue weighted by Crippen LogP contribution is 2.32. The lowest BCUT2D eigenvalue weighted by Gasteiger charge is -2.06. The molecule has 1 aliphatic heterocycles. The van der Waals surface area contributed by atoms with Crippen molar-refractivity contribution >= 4 is 29.0 Å². The van der Waals surface area contributed by atoms with Crippen molar-refractivity contribution < 1.29 is 19.1 Å². The molecule has 0 atom stereocenters. The summed E-state index contributed by atoms with van der Waals surface area (Å²) in [7, 11) is 0. The van der Waals surface area contributed by atoms with Gasteiger partial charge < -0.3 is 20.1 Å². The van der Waals surface area contributed by atoms with Crippen molar-refractivity contribution in [2.45, 2.75) is 0 Å². The van der Waals surface area contributed by atoms with E-state index in [1.54, 1.807) is 35.6 Å². The molecule has 0 saturated carbocycles. The van der Waals surface area contributed by atoms with Gasteiger partial charge >= 0.3 is 0 Å². The highest BCUT2D eigenvalue weighted by Gasteiger charge is 2.17. The van der Waals surface area contributed by atoms with Crippen LogP contribution in [-0.2, 0) is 4.79 Å². The lowest BCUT2D eigenvalue weighted by molar-refractivity contribution is -0.115. The Balaban J connectivity index is 1.32. The number of thiophene rings is 1. The molecular weight excluding hydrogens is 356 g/mol. The van der Waals surface area contributed by atoms with Crippen molar-refractivity contribution in [1.29, 1.82) is 0 Å². The Hall–Kier alpha value is -3.33. The van der Waals surface area contributed by atoms with E-state index in [2.05, 4.69) is 20.8 Å². The van der Waals surface area contributed by atoms with Crippen LogP contribution in [0.5, 0.6) is 11.5 Å². The fourth-order valence-corrected chi connectivity index (χ4v) is 3.12. The van der Waals surface area contributed by atoms with Gasteiger partial charge in [-0.25, -0.2) is 0 Å². The number of benzene rings is 1. The Morgan fingerprint density at radius 1 is 1.19 bits per heavy atom. The first kappa shape index (κ1) is 16.2. The van der Waals surface area contributed by atoms with Crippen molar-refractivity contribution in [1.82, 2.24) is 15.5 Å². The number of aromatic nitrogens is 2. The van der Waals surface area contributed by atoms with Gasteiger partial charge in [-0.15, -0.1) is 11.3 Å². The van der Waals surface area contributed by atoms with E-state index in [1.807, 2.05) is 17.5 Å². The van der Waals surface area contributed by atoms with Gasteiger partial charge in [0.15, 0.2) is 17.3 Å². The van der Waals surface area contributed by atoms with Crippen LogP contribution < -0.4 is 20.1 Å². The van der Waals surface area contributed by atoms with Crippen molar-refractivity contribution in [3.8, 4) is 22.1 Å². The van der Waals surface area contributed by atoms with Crippen LogP contribution >= 0.6 is 11.3 Å². The maximum absolute atomic E-state index is 12.2. The number of H-pyrrole nitrogens is 1. The van der Waals surface area contributed by atoms with Gasteiger partial charge in [0.2, 0.25) is 12.7 Å². The van der Waals surface area contributed by atoms with Crippen LogP contribution in [0.25, 0.3) is 10.6 Å². The maximum Gasteiger partial charge on any atom is 0.251 e. The summed E-state index contributed by atoms with van der Waals surface area (Å²) in [5, 5.41) is 14.1. The minimum Gasteiger partial charge on any atom is -0.454 e. The highest BCUT2D eigenvalue weighted by molar-refractivity contribution is 7.13. The van der Waals surface area contributed by atoms with E-state index in [4.69, 9.17) is 9.47 Å². The minimum atomic E-state index is -0.375. The van der Waals surface area contributed by atoms with Crippen LogP contribution in [0.1, 0.15) is 10.4 Å². The molecule has 132 valence electrons. The van der Waals surface area contributed by atoms with Crippen LogP contribution in [0.4, 0.5) is 5.82 Å². The lowest BCUT2D eigenvalue weighted by atomic mass is 10.2. The zero-order chi connectivity index (χ0) is 17.9. The van der Waals surface area contributed by atoms with Gasteiger partial charge in [0.25, 0.3) is 5.91 Å². The lowest BCUT2D eigenvalue weighted by Crippen LogP contribution is -2.32. The smallest absolute Gasteiger partial charge is 0.251 e. The second-order valence-electron chi connectivity index (χ2n) is 5.44. The number of ether oxygens (including phenoxy) is 2. The Labute approximate surface area is 152 Å². The summed E-state index contributed by atoms with van der Waals surface area (Å²) in [6, 6.07) is 10.5. The first-order valence-corrected chi connectivity index (χ1v) is 8.64. The number of hydrogen-bond donors (Lipinski definition) is 3. The van der Waals surface area contributed by atoms with Crippen LogP contribution in [0.2, 0.25) is 0 Å². The average molecular weight is 370 g/mol. The first-order chi connectivity index (χ1) is 12.7. The summed E-state index contributed by atoms with van der Waals surface area (Å²) in [4.78, 5) is 25.2. The minimum absolute atomic E-state index is 0.139. The number of aromatic amines is 1. The van der Waals surface area contributed by atoms with Gasteiger partial charge in [0, 0.05) is 11.6 Å². The average Bonchev–Trinajstić information content (AvgIpc) is 3.38. The van der Waals surface area contributed by atoms with Gasteiger partial charge in [0.1, 0.15) is 0 Å². The normalized spacial score (nSPS) is 12.0. The monoisotopic (exact) mass is 370 g/mol. The standard InChI is InChI=1S/C17H14N4O4S/c22-16(19-15-7-11(20-21-15)14-2-1-5-26-14)8-18-17(23)10-3-4-12-13(6-10)25-9-24-12/h1-7H,8-9H2,(H,18,23)(H2,19,20,21,22). The van der Waals surface area contributed by atoms with Crippen LogP contribution in [0.3, 0.4) is 0 Å². The third-order valence-electron chi connectivity index (χ3n) is 3.68. The SMILES string of the molecule is O=C(CNC(=O)c1ccc2c(c1)OCO2)Nc1cc(-c2cccs2)[nH]n1. The number of amides is 2. The van der Waals surface area contributed by atoms with E-state index >= 15 is 0 Å². The first-order valence-electron chi connectivity index (χ1n) is 7.76. The summed E-state index contributed by atoms with van der Waals surface area (Å²) in [6.45, 7) is -0.0333. The number of nitrogens with one attached hydrogen (secondary N) is 3. The summed E-state index contributed by atoms with van der Waals surface area (Å²) >= 11 is 1.57. The fraction of sp³-hybridized carbons (Fsp3) is 0.118. The second kappa shape index (κ2) is 6.89. The summed E-state index contributed by atoms with van der Waals surface area (Å²) < 4.78 is 10.4. The van der Waals surface area contributed by atoms with Gasteiger partial charge in [-0.2, -0.15) is 5.10 Å². The van der Waals surface area contributed by atoms with E-state index < -0.39 is 0 Å². The third-order valence-corrected chi connectivity index (χ3v) is 4.58. The molecule has 4 rings (SSSR count). The van der Waals surface area contributed by atoms with Crippen LogP contribution in [-0.4, -0.2) is 35.3 Å². The number of hydrogen-bond acceptors (Lipinski definition) is 6. The number of rotatable bonds is 5. The van der Waals surface area contributed by atoms with E-state index in [9.17, 15) is 9.59 Å². The molecule has 3 aromatic rings. The topological polar surface area (TPSA) is 105 Å². The molecule has 1 aliphatic rings. The molecule has 9 heteroatoms. The molecule has 1 aromatic carbocycles. The molecule has 26 heavy (non-hydrogen) atoms. The predicted molar refractivity (Wildman–Crippen MR) is 95.4 cm³/mol.